The molecule has 1 heterocycles. The molecule has 1 aliphatic rings. The summed E-state index contributed by atoms with van der Waals surface area (Å²) in [6, 6.07) is 5.31. The molecule has 1 atom stereocenters. The summed E-state index contributed by atoms with van der Waals surface area (Å²) >= 11 is 3.33. The molecular weight excluding hydrogens is 342 g/mol. The molecule has 0 saturated carbocycles. The van der Waals surface area contributed by atoms with Crippen LogP contribution in [0.4, 0.5) is 0 Å². The highest BCUT2D eigenvalue weighted by Crippen LogP contribution is 2.24. The minimum absolute atomic E-state index is 0.0102. The summed E-state index contributed by atoms with van der Waals surface area (Å²) in [6.07, 6.45) is 3.11. The van der Waals surface area contributed by atoms with Crippen LogP contribution in [0.5, 0.6) is 0 Å². The fourth-order valence-electron chi connectivity index (χ4n) is 2.36. The molecule has 2 rings (SSSR count). The standard InChI is InChI=1S/C14H20BrNO3S/c1-11-6-7-12(15)9-14(11)20(17,18)16(2)10-13-5-3-4-8-19-13/h6-7,9,13H,3-5,8,10H2,1-2H3. The molecule has 0 radical (unpaired) electrons. The van der Waals surface area contributed by atoms with E-state index >= 15 is 0 Å². The van der Waals surface area contributed by atoms with Crippen LogP contribution >= 0.6 is 15.9 Å². The van der Waals surface area contributed by atoms with E-state index in [0.29, 0.717) is 11.4 Å². The number of hydrogen-bond acceptors (Lipinski definition) is 3. The van der Waals surface area contributed by atoms with Gasteiger partial charge in [0.25, 0.3) is 0 Å². The minimum atomic E-state index is -3.47. The van der Waals surface area contributed by atoms with Crippen LogP contribution in [0.15, 0.2) is 27.6 Å². The monoisotopic (exact) mass is 361 g/mol. The second kappa shape index (κ2) is 6.56. The summed E-state index contributed by atoms with van der Waals surface area (Å²) in [5, 5.41) is 0. The molecule has 1 aromatic rings. The van der Waals surface area contributed by atoms with Gasteiger partial charge in [-0.2, -0.15) is 4.31 Å². The van der Waals surface area contributed by atoms with Gasteiger partial charge in [0.2, 0.25) is 10.0 Å². The van der Waals surface area contributed by atoms with Gasteiger partial charge in [-0.3, -0.25) is 0 Å². The highest BCUT2D eigenvalue weighted by atomic mass is 79.9. The molecule has 0 aromatic heterocycles. The molecule has 6 heteroatoms. The quantitative estimate of drug-likeness (QED) is 0.827. The maximum atomic E-state index is 12.6. The molecule has 0 amide bonds. The van der Waals surface area contributed by atoms with Gasteiger partial charge in [0, 0.05) is 24.7 Å². The number of halogens is 1. The maximum absolute atomic E-state index is 12.6. The SMILES string of the molecule is Cc1ccc(Br)cc1S(=O)(=O)N(C)CC1CCCCO1. The molecule has 1 fully saturated rings. The molecule has 1 saturated heterocycles. The molecule has 1 unspecified atom stereocenters. The van der Waals surface area contributed by atoms with E-state index in [1.54, 1.807) is 13.1 Å². The van der Waals surface area contributed by atoms with Gasteiger partial charge in [-0.15, -0.1) is 0 Å². The van der Waals surface area contributed by atoms with Crippen LogP contribution in [0, 0.1) is 6.92 Å². The van der Waals surface area contributed by atoms with E-state index in [1.165, 1.54) is 4.31 Å². The van der Waals surface area contributed by atoms with Crippen LogP contribution in [0.2, 0.25) is 0 Å². The van der Waals surface area contributed by atoms with E-state index in [9.17, 15) is 8.42 Å². The summed E-state index contributed by atoms with van der Waals surface area (Å²) in [5.41, 5.74) is 0.754. The van der Waals surface area contributed by atoms with Crippen LogP contribution < -0.4 is 0 Å². The Morgan fingerprint density at radius 3 is 2.80 bits per heavy atom. The van der Waals surface area contributed by atoms with E-state index in [1.807, 2.05) is 19.1 Å². The summed E-state index contributed by atoms with van der Waals surface area (Å²) in [5.74, 6) is 0. The third-order valence-corrected chi connectivity index (χ3v) is 6.03. The molecule has 0 N–H and O–H groups in total. The first-order chi connectivity index (χ1) is 9.41. The third-order valence-electron chi connectivity index (χ3n) is 3.57. The van der Waals surface area contributed by atoms with Gasteiger partial charge in [-0.1, -0.05) is 22.0 Å². The molecule has 1 aromatic carbocycles. The van der Waals surface area contributed by atoms with Crippen molar-refractivity contribution in [2.75, 3.05) is 20.2 Å². The second-order valence-electron chi connectivity index (χ2n) is 5.18. The Morgan fingerprint density at radius 1 is 1.40 bits per heavy atom. The first-order valence-corrected chi connectivity index (χ1v) is 8.98. The zero-order chi connectivity index (χ0) is 14.8. The number of likely N-dealkylation sites (N-methyl/N-ethyl adjacent to an activating group) is 1. The first-order valence-electron chi connectivity index (χ1n) is 6.75. The Balaban J connectivity index is 2.18. The highest BCUT2D eigenvalue weighted by molar-refractivity contribution is 9.10. The topological polar surface area (TPSA) is 46.6 Å². The number of nitrogens with zero attached hydrogens (tertiary/aromatic N) is 1. The molecule has 0 bridgehead atoms. The predicted molar refractivity (Wildman–Crippen MR) is 82.3 cm³/mol. The van der Waals surface area contributed by atoms with Crippen molar-refractivity contribution in [3.05, 3.63) is 28.2 Å². The van der Waals surface area contributed by atoms with Crippen molar-refractivity contribution in [2.45, 2.75) is 37.2 Å². The average molecular weight is 362 g/mol. The van der Waals surface area contributed by atoms with Crippen molar-refractivity contribution in [3.63, 3.8) is 0 Å². The normalized spacial score (nSPS) is 20.3. The van der Waals surface area contributed by atoms with Gasteiger partial charge in [-0.05, 0) is 43.9 Å². The second-order valence-corrected chi connectivity index (χ2v) is 8.11. The number of rotatable bonds is 4. The highest BCUT2D eigenvalue weighted by Gasteiger charge is 2.26. The number of sulfonamides is 1. The summed E-state index contributed by atoms with van der Waals surface area (Å²) in [7, 11) is -1.85. The largest absolute Gasteiger partial charge is 0.377 e. The first kappa shape index (κ1) is 15.9. The van der Waals surface area contributed by atoms with Crippen molar-refractivity contribution in [1.82, 2.24) is 4.31 Å². The molecular formula is C14H20BrNO3S. The van der Waals surface area contributed by atoms with Gasteiger partial charge in [0.05, 0.1) is 11.0 Å². The third kappa shape index (κ3) is 3.61. The zero-order valence-corrected chi connectivity index (χ0v) is 14.2. The van der Waals surface area contributed by atoms with E-state index in [0.717, 1.165) is 35.9 Å². The van der Waals surface area contributed by atoms with E-state index in [2.05, 4.69) is 15.9 Å². The van der Waals surface area contributed by atoms with E-state index in [4.69, 9.17) is 4.74 Å². The molecule has 112 valence electrons. The van der Waals surface area contributed by atoms with Crippen molar-refractivity contribution in [1.29, 1.82) is 0 Å². The Hall–Kier alpha value is -0.430. The van der Waals surface area contributed by atoms with Gasteiger partial charge in [0.1, 0.15) is 0 Å². The lowest BCUT2D eigenvalue weighted by Gasteiger charge is -2.27. The predicted octanol–water partition coefficient (Wildman–Crippen LogP) is 2.95. The van der Waals surface area contributed by atoms with Crippen LogP contribution in [0.3, 0.4) is 0 Å². The van der Waals surface area contributed by atoms with Gasteiger partial charge in [0.15, 0.2) is 0 Å². The number of ether oxygens (including phenoxy) is 1. The van der Waals surface area contributed by atoms with Gasteiger partial charge >= 0.3 is 0 Å². The van der Waals surface area contributed by atoms with Crippen molar-refractivity contribution < 1.29 is 13.2 Å². The van der Waals surface area contributed by atoms with Crippen LogP contribution in [-0.4, -0.2) is 39.0 Å². The van der Waals surface area contributed by atoms with Crippen LogP contribution in [0.25, 0.3) is 0 Å². The molecule has 0 aliphatic carbocycles. The van der Waals surface area contributed by atoms with Gasteiger partial charge in [-0.25, -0.2) is 8.42 Å². The minimum Gasteiger partial charge on any atom is -0.377 e. The lowest BCUT2D eigenvalue weighted by molar-refractivity contribution is 0.00858. The van der Waals surface area contributed by atoms with Crippen molar-refractivity contribution in [3.8, 4) is 0 Å². The van der Waals surface area contributed by atoms with Crippen LogP contribution in [0.1, 0.15) is 24.8 Å². The lowest BCUT2D eigenvalue weighted by Crippen LogP contribution is -2.37. The Morgan fingerprint density at radius 2 is 2.15 bits per heavy atom. The van der Waals surface area contributed by atoms with Gasteiger partial charge < -0.3 is 4.74 Å². The molecule has 4 nitrogen and oxygen atoms in total. The summed E-state index contributed by atoms with van der Waals surface area (Å²) in [4.78, 5) is 0.352. The van der Waals surface area contributed by atoms with Crippen molar-refractivity contribution in [2.24, 2.45) is 0 Å². The zero-order valence-electron chi connectivity index (χ0n) is 11.8. The average Bonchev–Trinajstić information content (AvgIpc) is 2.42. The molecule has 0 spiro atoms. The summed E-state index contributed by atoms with van der Waals surface area (Å²) in [6.45, 7) is 2.95. The fraction of sp³-hybridized carbons (Fsp3) is 0.571. The number of hydrogen-bond donors (Lipinski definition) is 0. The molecule has 20 heavy (non-hydrogen) atoms. The Bertz CT molecular complexity index is 568. The van der Waals surface area contributed by atoms with E-state index in [-0.39, 0.29) is 6.10 Å². The van der Waals surface area contributed by atoms with Crippen molar-refractivity contribution >= 4 is 26.0 Å². The van der Waals surface area contributed by atoms with E-state index < -0.39 is 10.0 Å². The Labute approximate surface area is 129 Å². The van der Waals surface area contributed by atoms with Crippen LogP contribution in [-0.2, 0) is 14.8 Å². The smallest absolute Gasteiger partial charge is 0.243 e. The lowest BCUT2D eigenvalue weighted by atomic mass is 10.1. The number of aryl methyl sites for hydroxylation is 1. The molecule has 1 aliphatic heterocycles. The summed E-state index contributed by atoms with van der Waals surface area (Å²) < 4.78 is 33.0. The fourth-order valence-corrected chi connectivity index (χ4v) is 4.32. The Kier molecular flexibility index (Phi) is 5.23. The number of benzene rings is 1. The maximum Gasteiger partial charge on any atom is 0.243 e.